The third-order valence-electron chi connectivity index (χ3n) is 6.96. The molecule has 6 rings (SSSR count). The van der Waals surface area contributed by atoms with Crippen LogP contribution >= 0.6 is 0 Å². The van der Waals surface area contributed by atoms with Crippen LogP contribution in [-0.2, 0) is 4.74 Å². The molecule has 4 bridgehead atoms. The number of anilines is 3. The van der Waals surface area contributed by atoms with Gasteiger partial charge < -0.3 is 25.0 Å². The molecule has 4 fully saturated rings. The molecule has 10 heteroatoms. The number of hydrogen-bond acceptors (Lipinski definition) is 8. The van der Waals surface area contributed by atoms with Crippen LogP contribution < -0.4 is 20.3 Å². The number of nitrogens with zero attached hydrogens (tertiary/aromatic N) is 5. The summed E-state index contributed by atoms with van der Waals surface area (Å²) in [5, 5.41) is 0. The fraction of sp³-hybridized carbons (Fsp3) is 0.571. The zero-order chi connectivity index (χ0) is 21.1. The molecule has 3 aliphatic heterocycles. The standard InChI is InChI=1S/C21H24F2N6O2/c22-20(23)31-17-4-12(7-25-19(17)24)16-6-18(28-9-15-5-14(28)10-30-15)27-21(26-16)29-8-11-1-2-13(29)3-11/h4,6-7,11,13-15,20H,1-3,5,8-10H2,(H2,24,25)/t11?,13?,14-,15-/m0/s1. The lowest BCUT2D eigenvalue weighted by Gasteiger charge is -2.31. The minimum absolute atomic E-state index is 0.0793. The van der Waals surface area contributed by atoms with E-state index in [2.05, 4.69) is 19.5 Å². The van der Waals surface area contributed by atoms with E-state index in [1.165, 1.54) is 18.9 Å². The van der Waals surface area contributed by atoms with Gasteiger partial charge in [0.15, 0.2) is 11.6 Å². The highest BCUT2D eigenvalue weighted by Gasteiger charge is 2.42. The van der Waals surface area contributed by atoms with Gasteiger partial charge in [-0.15, -0.1) is 0 Å². The van der Waals surface area contributed by atoms with E-state index in [1.807, 2.05) is 6.07 Å². The molecule has 0 spiro atoms. The molecule has 2 aromatic heterocycles. The van der Waals surface area contributed by atoms with Gasteiger partial charge in [0, 0.05) is 37.0 Å². The molecule has 164 valence electrons. The highest BCUT2D eigenvalue weighted by Crippen LogP contribution is 2.41. The first-order valence-electron chi connectivity index (χ1n) is 10.8. The van der Waals surface area contributed by atoms with Crippen molar-refractivity contribution in [3.05, 3.63) is 18.3 Å². The lowest BCUT2D eigenvalue weighted by molar-refractivity contribution is -0.0494. The summed E-state index contributed by atoms with van der Waals surface area (Å²) in [6.45, 7) is -0.519. The highest BCUT2D eigenvalue weighted by molar-refractivity contribution is 5.68. The van der Waals surface area contributed by atoms with Crippen molar-refractivity contribution in [2.75, 3.05) is 35.2 Å². The van der Waals surface area contributed by atoms with Crippen molar-refractivity contribution in [1.29, 1.82) is 0 Å². The number of aromatic nitrogens is 3. The molecule has 31 heavy (non-hydrogen) atoms. The van der Waals surface area contributed by atoms with Crippen LogP contribution in [0.25, 0.3) is 11.3 Å². The number of fused-ring (bicyclic) bond motifs is 4. The van der Waals surface area contributed by atoms with Crippen LogP contribution in [0, 0.1) is 5.92 Å². The van der Waals surface area contributed by atoms with Crippen molar-refractivity contribution in [3.8, 4) is 17.0 Å². The van der Waals surface area contributed by atoms with E-state index in [1.54, 1.807) is 6.20 Å². The molecule has 0 aromatic carbocycles. The Morgan fingerprint density at radius 1 is 1.10 bits per heavy atom. The average molecular weight is 430 g/mol. The van der Waals surface area contributed by atoms with Crippen LogP contribution in [-0.4, -0.2) is 59.4 Å². The van der Waals surface area contributed by atoms with Crippen molar-refractivity contribution >= 4 is 17.6 Å². The van der Waals surface area contributed by atoms with Gasteiger partial charge >= 0.3 is 6.61 Å². The summed E-state index contributed by atoms with van der Waals surface area (Å²) in [6, 6.07) is 4.14. The van der Waals surface area contributed by atoms with Gasteiger partial charge in [-0.3, -0.25) is 0 Å². The maximum atomic E-state index is 12.8. The number of halogens is 2. The Morgan fingerprint density at radius 3 is 2.68 bits per heavy atom. The Bertz CT molecular complexity index is 962. The Hall–Kier alpha value is -2.75. The molecule has 4 atom stereocenters. The zero-order valence-corrected chi connectivity index (χ0v) is 17.0. The van der Waals surface area contributed by atoms with Gasteiger partial charge in [-0.25, -0.2) is 9.97 Å². The molecule has 4 aliphatic rings. The average Bonchev–Trinajstić information content (AvgIpc) is 3.56. The Morgan fingerprint density at radius 2 is 2.00 bits per heavy atom. The quantitative estimate of drug-likeness (QED) is 0.775. The zero-order valence-electron chi connectivity index (χ0n) is 17.0. The Balaban J connectivity index is 1.41. The van der Waals surface area contributed by atoms with E-state index >= 15 is 0 Å². The predicted octanol–water partition coefficient (Wildman–Crippen LogP) is 2.69. The van der Waals surface area contributed by atoms with E-state index in [0.717, 1.165) is 31.7 Å². The van der Waals surface area contributed by atoms with Gasteiger partial charge in [-0.1, -0.05) is 0 Å². The number of rotatable bonds is 5. The molecule has 1 aliphatic carbocycles. The highest BCUT2D eigenvalue weighted by atomic mass is 19.3. The predicted molar refractivity (Wildman–Crippen MR) is 110 cm³/mol. The van der Waals surface area contributed by atoms with Gasteiger partial charge in [-0.05, 0) is 37.7 Å². The van der Waals surface area contributed by atoms with Crippen molar-refractivity contribution in [1.82, 2.24) is 15.0 Å². The SMILES string of the molecule is Nc1ncc(-c2cc(N3C[C@@H]4C[C@H]3CO4)nc(N3CC4CCC3C4)n2)cc1OC(F)F. The second-order valence-electron chi connectivity index (χ2n) is 8.88. The molecule has 8 nitrogen and oxygen atoms in total. The summed E-state index contributed by atoms with van der Waals surface area (Å²) in [6.07, 6.45) is 6.38. The van der Waals surface area contributed by atoms with E-state index in [9.17, 15) is 8.78 Å². The lowest BCUT2D eigenvalue weighted by Crippen LogP contribution is -2.38. The van der Waals surface area contributed by atoms with Crippen molar-refractivity contribution in [2.45, 2.75) is 50.5 Å². The van der Waals surface area contributed by atoms with Gasteiger partial charge in [0.2, 0.25) is 5.95 Å². The molecule has 1 saturated carbocycles. The molecule has 5 heterocycles. The van der Waals surface area contributed by atoms with E-state index in [-0.39, 0.29) is 17.7 Å². The Labute approximate surface area is 178 Å². The molecular formula is C21H24F2N6O2. The maximum absolute atomic E-state index is 12.8. The number of nitrogen functional groups attached to an aromatic ring is 1. The number of ether oxygens (including phenoxy) is 2. The fourth-order valence-corrected chi connectivity index (χ4v) is 5.48. The number of nitrogens with two attached hydrogens (primary N) is 1. The molecule has 2 N–H and O–H groups in total. The van der Waals surface area contributed by atoms with Crippen LogP contribution in [0.2, 0.25) is 0 Å². The first-order chi connectivity index (χ1) is 15.0. The minimum Gasteiger partial charge on any atom is -0.431 e. The maximum Gasteiger partial charge on any atom is 0.387 e. The lowest BCUT2D eigenvalue weighted by atomic mass is 10.1. The summed E-state index contributed by atoms with van der Waals surface area (Å²) in [5.41, 5.74) is 6.92. The van der Waals surface area contributed by atoms with Crippen molar-refractivity contribution < 1.29 is 18.3 Å². The summed E-state index contributed by atoms with van der Waals surface area (Å²) in [7, 11) is 0. The number of hydrogen-bond donors (Lipinski definition) is 1. The topological polar surface area (TPSA) is 89.6 Å². The van der Waals surface area contributed by atoms with Crippen LogP contribution in [0.4, 0.5) is 26.4 Å². The molecule has 3 saturated heterocycles. The van der Waals surface area contributed by atoms with Crippen molar-refractivity contribution in [2.24, 2.45) is 5.92 Å². The second kappa shape index (κ2) is 7.15. The smallest absolute Gasteiger partial charge is 0.387 e. The monoisotopic (exact) mass is 430 g/mol. The summed E-state index contributed by atoms with van der Waals surface area (Å²) in [5.74, 6) is 2.00. The molecule has 0 radical (unpaired) electrons. The van der Waals surface area contributed by atoms with Crippen molar-refractivity contribution in [3.63, 3.8) is 0 Å². The number of pyridine rings is 1. The fourth-order valence-electron chi connectivity index (χ4n) is 5.48. The molecule has 2 unspecified atom stereocenters. The van der Waals surface area contributed by atoms with Crippen LogP contribution in [0.15, 0.2) is 18.3 Å². The van der Waals surface area contributed by atoms with Gasteiger partial charge in [0.05, 0.1) is 24.4 Å². The van der Waals surface area contributed by atoms with E-state index in [0.29, 0.717) is 41.8 Å². The van der Waals surface area contributed by atoms with Gasteiger partial charge in [-0.2, -0.15) is 13.8 Å². The van der Waals surface area contributed by atoms with Gasteiger partial charge in [0.1, 0.15) is 5.82 Å². The van der Waals surface area contributed by atoms with Gasteiger partial charge in [0.25, 0.3) is 0 Å². The third kappa shape index (κ3) is 3.33. The molecular weight excluding hydrogens is 406 g/mol. The first-order valence-corrected chi connectivity index (χ1v) is 10.8. The largest absolute Gasteiger partial charge is 0.431 e. The molecule has 2 aromatic rings. The first kappa shape index (κ1) is 19.0. The summed E-state index contributed by atoms with van der Waals surface area (Å²) >= 11 is 0. The van der Waals surface area contributed by atoms with Crippen LogP contribution in [0.1, 0.15) is 25.7 Å². The van der Waals surface area contributed by atoms with Crippen LogP contribution in [0.5, 0.6) is 5.75 Å². The minimum atomic E-state index is -2.98. The number of morpholine rings is 1. The number of piperidine rings is 1. The normalized spacial score (nSPS) is 28.9. The summed E-state index contributed by atoms with van der Waals surface area (Å²) < 4.78 is 35.9. The van der Waals surface area contributed by atoms with E-state index in [4.69, 9.17) is 20.4 Å². The molecule has 0 amide bonds. The number of alkyl halides is 2. The Kier molecular flexibility index (Phi) is 4.38. The van der Waals surface area contributed by atoms with Crippen LogP contribution in [0.3, 0.4) is 0 Å². The van der Waals surface area contributed by atoms with E-state index < -0.39 is 6.61 Å². The third-order valence-corrected chi connectivity index (χ3v) is 6.96. The second-order valence-corrected chi connectivity index (χ2v) is 8.88. The summed E-state index contributed by atoms with van der Waals surface area (Å²) in [4.78, 5) is 18.4.